The van der Waals surface area contributed by atoms with Crippen molar-refractivity contribution < 1.29 is 8.83 Å². The summed E-state index contributed by atoms with van der Waals surface area (Å²) in [6.45, 7) is 0. The summed E-state index contributed by atoms with van der Waals surface area (Å²) in [7, 11) is 0. The fraction of sp³-hybridized carbons (Fsp3) is 0. The number of benzene rings is 10. The van der Waals surface area contributed by atoms with Crippen LogP contribution in [-0.4, -0.2) is 0 Å². The second-order valence-electron chi connectivity index (χ2n) is 15.2. The van der Waals surface area contributed by atoms with E-state index < -0.39 is 0 Å². The maximum Gasteiger partial charge on any atom is 0.143 e. The van der Waals surface area contributed by atoms with Crippen LogP contribution in [0.5, 0.6) is 0 Å². The van der Waals surface area contributed by atoms with E-state index in [9.17, 15) is 0 Å². The highest BCUT2D eigenvalue weighted by molar-refractivity contribution is 6.20. The first-order chi connectivity index (χ1) is 29.3. The van der Waals surface area contributed by atoms with Gasteiger partial charge >= 0.3 is 0 Å². The van der Waals surface area contributed by atoms with Crippen molar-refractivity contribution in [3.8, 4) is 33.4 Å². The van der Waals surface area contributed by atoms with Gasteiger partial charge in [-0.1, -0.05) is 164 Å². The maximum absolute atomic E-state index is 6.67. The fourth-order valence-corrected chi connectivity index (χ4v) is 9.13. The van der Waals surface area contributed by atoms with Crippen LogP contribution in [0.1, 0.15) is 0 Å². The molecule has 0 saturated carbocycles. The van der Waals surface area contributed by atoms with E-state index in [0.717, 1.165) is 88.6 Å². The first-order valence-electron chi connectivity index (χ1n) is 20.1. The van der Waals surface area contributed by atoms with Gasteiger partial charge in [-0.25, -0.2) is 0 Å². The minimum absolute atomic E-state index is 0.874. The van der Waals surface area contributed by atoms with Crippen molar-refractivity contribution in [1.82, 2.24) is 0 Å². The summed E-state index contributed by atoms with van der Waals surface area (Å²) in [5.74, 6) is 0. The van der Waals surface area contributed by atoms with E-state index in [1.165, 1.54) is 27.3 Å². The van der Waals surface area contributed by atoms with Gasteiger partial charge in [0.15, 0.2) is 0 Å². The Hall–Kier alpha value is -7.88. The second kappa shape index (κ2) is 13.4. The number of rotatable bonds is 6. The Morgan fingerprint density at radius 2 is 0.814 bits per heavy atom. The van der Waals surface area contributed by atoms with E-state index in [4.69, 9.17) is 8.83 Å². The van der Waals surface area contributed by atoms with E-state index in [0.29, 0.717) is 0 Å². The lowest BCUT2D eigenvalue weighted by Crippen LogP contribution is -2.11. The van der Waals surface area contributed by atoms with Crippen LogP contribution in [0.4, 0.5) is 17.1 Å². The molecule has 0 saturated heterocycles. The minimum Gasteiger partial charge on any atom is -0.455 e. The summed E-state index contributed by atoms with van der Waals surface area (Å²) in [5.41, 5.74) is 13.6. The lowest BCUT2D eigenvalue weighted by Gasteiger charge is -2.28. The van der Waals surface area contributed by atoms with Gasteiger partial charge in [0.1, 0.15) is 22.3 Å². The van der Waals surface area contributed by atoms with E-state index in [1.54, 1.807) is 0 Å². The fourth-order valence-electron chi connectivity index (χ4n) is 9.13. The van der Waals surface area contributed by atoms with Crippen molar-refractivity contribution in [3.05, 3.63) is 212 Å². The van der Waals surface area contributed by atoms with E-state index in [2.05, 4.69) is 205 Å². The molecule has 12 rings (SSSR count). The Kier molecular flexibility index (Phi) is 7.54. The second-order valence-corrected chi connectivity index (χ2v) is 15.2. The van der Waals surface area contributed by atoms with E-state index >= 15 is 0 Å². The van der Waals surface area contributed by atoms with Crippen molar-refractivity contribution in [2.75, 3.05) is 4.90 Å². The van der Waals surface area contributed by atoms with Gasteiger partial charge in [0.2, 0.25) is 0 Å². The topological polar surface area (TPSA) is 29.5 Å². The van der Waals surface area contributed by atoms with Crippen LogP contribution in [0.3, 0.4) is 0 Å². The van der Waals surface area contributed by atoms with Crippen LogP contribution < -0.4 is 4.90 Å². The monoisotopic (exact) mass is 753 g/mol. The third-order valence-corrected chi connectivity index (χ3v) is 11.9. The van der Waals surface area contributed by atoms with Gasteiger partial charge in [-0.2, -0.15) is 0 Å². The lowest BCUT2D eigenvalue weighted by molar-refractivity contribution is 0.670. The lowest BCUT2D eigenvalue weighted by atomic mass is 9.95. The number of hydrogen-bond donors (Lipinski definition) is 0. The summed E-state index contributed by atoms with van der Waals surface area (Å²) in [6.07, 6.45) is 0. The number of furan rings is 2. The molecule has 2 aromatic heterocycles. The highest BCUT2D eigenvalue weighted by Gasteiger charge is 2.22. The molecular formula is C56H35NO2. The molecule has 0 unspecified atom stereocenters. The molecule has 2 heterocycles. The Labute approximate surface area is 340 Å². The molecule has 12 aromatic rings. The standard InChI is InChI=1S/C56H35NO2/c1-3-15-42-36(12-1)14-9-19-43(42)38-26-31-40(32-27-38)57(41-33-28-39(29-34-41)45-20-10-22-49-47-18-6-8-24-52(47)58-55(45)49)51-23-7-5-17-46(51)48-21-11-25-53-54(48)50-35-30-37-13-2-4-16-44(37)56(50)59-53/h1-35H. The zero-order valence-corrected chi connectivity index (χ0v) is 32.0. The molecule has 276 valence electrons. The molecule has 0 fully saturated rings. The summed E-state index contributed by atoms with van der Waals surface area (Å²) in [6, 6.07) is 75.7. The average molecular weight is 754 g/mol. The highest BCUT2D eigenvalue weighted by Crippen LogP contribution is 2.46. The molecule has 0 aliphatic rings. The van der Waals surface area contributed by atoms with Crippen LogP contribution in [-0.2, 0) is 0 Å². The Bertz CT molecular complexity index is 3550. The zero-order valence-electron chi connectivity index (χ0n) is 32.0. The predicted molar refractivity (Wildman–Crippen MR) is 247 cm³/mol. The number of anilines is 3. The molecule has 0 N–H and O–H groups in total. The van der Waals surface area contributed by atoms with Crippen molar-refractivity contribution in [2.45, 2.75) is 0 Å². The Morgan fingerprint density at radius 1 is 0.288 bits per heavy atom. The van der Waals surface area contributed by atoms with Gasteiger partial charge in [0.05, 0.1) is 5.69 Å². The molecule has 10 aromatic carbocycles. The number of fused-ring (bicyclic) bond motifs is 9. The smallest absolute Gasteiger partial charge is 0.143 e. The van der Waals surface area contributed by atoms with Crippen LogP contribution in [0.2, 0.25) is 0 Å². The third-order valence-electron chi connectivity index (χ3n) is 11.9. The van der Waals surface area contributed by atoms with Crippen LogP contribution in [0.15, 0.2) is 221 Å². The first kappa shape index (κ1) is 33.3. The van der Waals surface area contributed by atoms with Crippen molar-refractivity contribution in [1.29, 1.82) is 0 Å². The molecule has 0 aliphatic carbocycles. The van der Waals surface area contributed by atoms with Crippen LogP contribution in [0, 0.1) is 0 Å². The van der Waals surface area contributed by atoms with E-state index in [1.807, 2.05) is 12.1 Å². The number of nitrogens with zero attached hydrogens (tertiary/aromatic N) is 1. The number of hydrogen-bond acceptors (Lipinski definition) is 3. The molecule has 0 spiro atoms. The number of para-hydroxylation sites is 3. The van der Waals surface area contributed by atoms with Gasteiger partial charge in [-0.15, -0.1) is 0 Å². The molecule has 0 radical (unpaired) electrons. The molecule has 0 bridgehead atoms. The van der Waals surface area contributed by atoms with Crippen molar-refractivity contribution in [2.24, 2.45) is 0 Å². The average Bonchev–Trinajstić information content (AvgIpc) is 3.89. The highest BCUT2D eigenvalue weighted by atomic mass is 16.3. The molecule has 0 atom stereocenters. The van der Waals surface area contributed by atoms with Crippen molar-refractivity contribution >= 4 is 82.5 Å². The Balaban J connectivity index is 1.04. The summed E-state index contributed by atoms with van der Waals surface area (Å²) in [4.78, 5) is 2.38. The molecule has 0 aliphatic heterocycles. The van der Waals surface area contributed by atoms with Gasteiger partial charge in [-0.3, -0.25) is 0 Å². The van der Waals surface area contributed by atoms with Gasteiger partial charge in [0.25, 0.3) is 0 Å². The molecule has 59 heavy (non-hydrogen) atoms. The van der Waals surface area contributed by atoms with Gasteiger partial charge in [-0.05, 0) is 86.9 Å². The molecule has 3 heteroatoms. The summed E-state index contributed by atoms with van der Waals surface area (Å²) >= 11 is 0. The maximum atomic E-state index is 6.67. The minimum atomic E-state index is 0.874. The predicted octanol–water partition coefficient (Wildman–Crippen LogP) is 16.3. The molecular weight excluding hydrogens is 719 g/mol. The molecule has 3 nitrogen and oxygen atoms in total. The summed E-state index contributed by atoms with van der Waals surface area (Å²) in [5, 5.41) is 9.24. The quantitative estimate of drug-likeness (QED) is 0.169. The van der Waals surface area contributed by atoms with Crippen molar-refractivity contribution in [3.63, 3.8) is 0 Å². The third kappa shape index (κ3) is 5.36. The van der Waals surface area contributed by atoms with E-state index in [-0.39, 0.29) is 0 Å². The van der Waals surface area contributed by atoms with Gasteiger partial charge in [0, 0.05) is 49.4 Å². The van der Waals surface area contributed by atoms with Gasteiger partial charge < -0.3 is 13.7 Å². The normalized spacial score (nSPS) is 11.7. The largest absolute Gasteiger partial charge is 0.455 e. The molecule has 0 amide bonds. The SMILES string of the molecule is c1ccc(N(c2ccc(-c3cccc4ccccc34)cc2)c2ccc(-c3cccc4c3oc3ccccc34)cc2)c(-c2cccc3oc4c5ccccc5ccc4c23)c1. The zero-order chi connectivity index (χ0) is 38.9. The summed E-state index contributed by atoms with van der Waals surface area (Å²) < 4.78 is 13.1. The Morgan fingerprint density at radius 3 is 1.63 bits per heavy atom. The van der Waals surface area contributed by atoms with Crippen LogP contribution >= 0.6 is 0 Å². The van der Waals surface area contributed by atoms with Crippen LogP contribution in [0.25, 0.3) is 98.8 Å². The first-order valence-corrected chi connectivity index (χ1v) is 20.1.